The number of anilines is 1. The van der Waals surface area contributed by atoms with E-state index in [4.69, 9.17) is 15.9 Å². The number of hydrogen-bond donors (Lipinski definition) is 1. The molecule has 2 bridgehead atoms. The molecule has 4 heterocycles. The van der Waals surface area contributed by atoms with E-state index < -0.39 is 11.8 Å². The minimum absolute atomic E-state index is 0.00622. The molecule has 2 fully saturated rings. The summed E-state index contributed by atoms with van der Waals surface area (Å²) in [5.74, 6) is 1.90. The number of terminal acetylenes is 1. The number of pyridine rings is 1. The van der Waals surface area contributed by atoms with Crippen LogP contribution in [0.5, 0.6) is 6.01 Å². The van der Waals surface area contributed by atoms with Crippen LogP contribution >= 0.6 is 0 Å². The predicted molar refractivity (Wildman–Crippen MR) is 121 cm³/mol. The van der Waals surface area contributed by atoms with Crippen molar-refractivity contribution in [3.05, 3.63) is 41.3 Å². The Morgan fingerprint density at radius 3 is 2.64 bits per heavy atom. The van der Waals surface area contributed by atoms with Gasteiger partial charge in [0.2, 0.25) is 0 Å². The molecule has 168 valence electrons. The summed E-state index contributed by atoms with van der Waals surface area (Å²) in [5, 5.41) is 3.95. The predicted octanol–water partition coefficient (Wildman–Crippen LogP) is 2.55. The maximum Gasteiger partial charge on any atom is 0.337 e. The summed E-state index contributed by atoms with van der Waals surface area (Å²) in [6.07, 6.45) is 7.98. The summed E-state index contributed by atoms with van der Waals surface area (Å²) in [6.45, 7) is 1.45. The second-order valence-electron chi connectivity index (χ2n) is 8.14. The summed E-state index contributed by atoms with van der Waals surface area (Å²) < 4.78 is 26.0. The smallest absolute Gasteiger partial charge is 0.337 e. The van der Waals surface area contributed by atoms with Gasteiger partial charge in [-0.15, -0.1) is 6.42 Å². The number of methoxy groups -OCH3 is 2. The number of carbonyl (C=O) groups is 1. The van der Waals surface area contributed by atoms with Crippen LogP contribution in [-0.2, 0) is 4.74 Å². The topological polar surface area (TPSA) is 89.5 Å². The fourth-order valence-electron chi connectivity index (χ4n) is 4.63. The Kier molecular flexibility index (Phi) is 5.30. The molecule has 0 saturated carbocycles. The minimum atomic E-state index is -0.661. The molecule has 2 saturated heterocycles. The van der Waals surface area contributed by atoms with E-state index >= 15 is 4.39 Å². The highest BCUT2D eigenvalue weighted by Crippen LogP contribution is 2.36. The normalized spacial score (nSPS) is 19.4. The van der Waals surface area contributed by atoms with Crippen molar-refractivity contribution >= 4 is 22.7 Å². The molecule has 2 atom stereocenters. The lowest BCUT2D eigenvalue weighted by Crippen LogP contribution is -2.51. The van der Waals surface area contributed by atoms with Gasteiger partial charge in [-0.25, -0.2) is 14.2 Å². The number of fused-ring (bicyclic) bond motifs is 3. The molecule has 0 aliphatic carbocycles. The molecule has 1 N–H and O–H groups in total. The number of hydrogen-bond acceptors (Lipinski definition) is 8. The largest absolute Gasteiger partial charge is 0.467 e. The van der Waals surface area contributed by atoms with Gasteiger partial charge < -0.3 is 19.7 Å². The number of aromatic nitrogens is 3. The zero-order valence-corrected chi connectivity index (χ0v) is 18.3. The van der Waals surface area contributed by atoms with Gasteiger partial charge in [0.25, 0.3) is 0 Å². The highest BCUT2D eigenvalue weighted by Gasteiger charge is 2.34. The first-order valence-corrected chi connectivity index (χ1v) is 10.6. The van der Waals surface area contributed by atoms with E-state index in [9.17, 15) is 4.79 Å². The van der Waals surface area contributed by atoms with Gasteiger partial charge in [-0.2, -0.15) is 9.97 Å². The lowest BCUT2D eigenvalue weighted by Gasteiger charge is -2.34. The van der Waals surface area contributed by atoms with Gasteiger partial charge in [-0.05, 0) is 30.9 Å². The van der Waals surface area contributed by atoms with E-state index in [-0.39, 0.29) is 28.5 Å². The number of benzene rings is 1. The highest BCUT2D eigenvalue weighted by atomic mass is 19.1. The molecular weight excluding hydrogens is 425 g/mol. The Bertz CT molecular complexity index is 1290. The lowest BCUT2D eigenvalue weighted by molar-refractivity contribution is 0.0601. The van der Waals surface area contributed by atoms with Crippen LogP contribution in [0.4, 0.5) is 10.2 Å². The standard InChI is InChI=1S/C24H22FN5O3/c1-4-17-18-21(19(25)20(27-17)13-6-5-7-14(10-13)23(31)32-2)28-24(33-3)29-22(18)30-11-15-8-9-16(12-30)26-15/h1,5-7,10,15-16,26H,8-9,11-12H2,2-3H3. The van der Waals surface area contributed by atoms with Gasteiger partial charge in [-0.3, -0.25) is 0 Å². The molecule has 9 heteroatoms. The number of esters is 1. The SMILES string of the molecule is C#Cc1nc(-c2cccc(C(=O)OC)c2)c(F)c2nc(OC)nc(N3CC4CCC(C3)N4)c12. The van der Waals surface area contributed by atoms with E-state index in [1.807, 2.05) is 0 Å². The van der Waals surface area contributed by atoms with Crippen LogP contribution in [-0.4, -0.2) is 60.3 Å². The van der Waals surface area contributed by atoms with Crippen molar-refractivity contribution in [3.8, 4) is 29.6 Å². The van der Waals surface area contributed by atoms with Crippen LogP contribution in [0.25, 0.3) is 22.2 Å². The van der Waals surface area contributed by atoms with Crippen LogP contribution in [0, 0.1) is 18.2 Å². The van der Waals surface area contributed by atoms with Crippen molar-refractivity contribution in [2.45, 2.75) is 24.9 Å². The monoisotopic (exact) mass is 447 g/mol. The molecule has 5 rings (SSSR count). The van der Waals surface area contributed by atoms with E-state index in [2.05, 4.69) is 31.1 Å². The fourth-order valence-corrected chi connectivity index (χ4v) is 4.63. The maximum atomic E-state index is 15.9. The minimum Gasteiger partial charge on any atom is -0.467 e. The Balaban J connectivity index is 1.72. The highest BCUT2D eigenvalue weighted by molar-refractivity contribution is 5.97. The van der Waals surface area contributed by atoms with Gasteiger partial charge in [0, 0.05) is 30.7 Å². The summed E-state index contributed by atoms with van der Waals surface area (Å²) in [7, 11) is 2.72. The van der Waals surface area contributed by atoms with Crippen molar-refractivity contribution in [1.29, 1.82) is 0 Å². The number of rotatable bonds is 4. The van der Waals surface area contributed by atoms with Gasteiger partial charge in [0.05, 0.1) is 25.2 Å². The molecule has 2 aliphatic rings. The molecule has 2 aromatic heterocycles. The first-order valence-electron chi connectivity index (χ1n) is 10.6. The quantitative estimate of drug-likeness (QED) is 0.482. The second kappa shape index (κ2) is 8.30. The molecule has 8 nitrogen and oxygen atoms in total. The van der Waals surface area contributed by atoms with Crippen LogP contribution in [0.2, 0.25) is 0 Å². The number of ether oxygens (including phenoxy) is 2. The third-order valence-electron chi connectivity index (χ3n) is 6.14. The summed E-state index contributed by atoms with van der Waals surface area (Å²) in [4.78, 5) is 27.4. The molecular formula is C24H22FN5O3. The number of carbonyl (C=O) groups excluding carboxylic acids is 1. The molecule has 0 spiro atoms. The average Bonchev–Trinajstić information content (AvgIpc) is 3.20. The van der Waals surface area contributed by atoms with Crippen LogP contribution in [0.15, 0.2) is 24.3 Å². The number of nitrogens with zero attached hydrogens (tertiary/aromatic N) is 4. The van der Waals surface area contributed by atoms with Gasteiger partial charge in [0.15, 0.2) is 5.82 Å². The third kappa shape index (κ3) is 3.62. The third-order valence-corrected chi connectivity index (χ3v) is 6.14. The lowest BCUT2D eigenvalue weighted by atomic mass is 10.0. The van der Waals surface area contributed by atoms with Crippen molar-refractivity contribution in [2.24, 2.45) is 0 Å². The fraction of sp³-hybridized carbons (Fsp3) is 0.333. The molecule has 0 amide bonds. The molecule has 3 aromatic rings. The van der Waals surface area contributed by atoms with Crippen molar-refractivity contribution in [1.82, 2.24) is 20.3 Å². The second-order valence-corrected chi connectivity index (χ2v) is 8.14. The molecule has 0 radical (unpaired) electrons. The molecule has 2 aliphatic heterocycles. The van der Waals surface area contributed by atoms with Crippen LogP contribution in [0.1, 0.15) is 28.9 Å². The summed E-state index contributed by atoms with van der Waals surface area (Å²) in [6, 6.07) is 7.10. The van der Waals surface area contributed by atoms with Gasteiger partial charge in [-0.1, -0.05) is 12.1 Å². The van der Waals surface area contributed by atoms with Crippen molar-refractivity contribution in [2.75, 3.05) is 32.2 Å². The molecule has 2 unspecified atom stereocenters. The van der Waals surface area contributed by atoms with E-state index in [1.54, 1.807) is 18.2 Å². The van der Waals surface area contributed by atoms with Crippen LogP contribution in [0.3, 0.4) is 0 Å². The Morgan fingerprint density at radius 2 is 1.97 bits per heavy atom. The Morgan fingerprint density at radius 1 is 1.21 bits per heavy atom. The van der Waals surface area contributed by atoms with Gasteiger partial charge >= 0.3 is 12.0 Å². The summed E-state index contributed by atoms with van der Waals surface area (Å²) >= 11 is 0. The molecule has 33 heavy (non-hydrogen) atoms. The maximum absolute atomic E-state index is 15.9. The number of halogens is 1. The van der Waals surface area contributed by atoms with E-state index in [0.29, 0.717) is 28.9 Å². The van der Waals surface area contributed by atoms with Crippen molar-refractivity contribution < 1.29 is 18.7 Å². The van der Waals surface area contributed by atoms with E-state index in [1.165, 1.54) is 20.3 Å². The van der Waals surface area contributed by atoms with Crippen molar-refractivity contribution in [3.63, 3.8) is 0 Å². The Labute approximate surface area is 190 Å². The Hall–Kier alpha value is -3.77. The number of piperazine rings is 1. The van der Waals surface area contributed by atoms with E-state index in [0.717, 1.165) is 25.9 Å². The van der Waals surface area contributed by atoms with Crippen LogP contribution < -0.4 is 15.0 Å². The zero-order valence-electron chi connectivity index (χ0n) is 18.3. The first kappa shape index (κ1) is 21.1. The molecule has 1 aromatic carbocycles. The first-order chi connectivity index (χ1) is 16.0. The van der Waals surface area contributed by atoms with Gasteiger partial charge in [0.1, 0.15) is 22.7 Å². The zero-order chi connectivity index (χ0) is 23.1. The average molecular weight is 447 g/mol. The number of nitrogens with one attached hydrogen (secondary N) is 1. The summed E-state index contributed by atoms with van der Waals surface area (Å²) in [5.41, 5.74) is 0.912.